The summed E-state index contributed by atoms with van der Waals surface area (Å²) in [6, 6.07) is 0. The molecule has 17 heavy (non-hydrogen) atoms. The second-order valence-corrected chi connectivity index (χ2v) is 3.24. The first-order valence-electron chi connectivity index (χ1n) is 4.72. The maximum Gasteiger partial charge on any atom is 0.339 e. The Morgan fingerprint density at radius 1 is 1.53 bits per heavy atom. The summed E-state index contributed by atoms with van der Waals surface area (Å²) in [4.78, 5) is 28.7. The van der Waals surface area contributed by atoms with Crippen LogP contribution < -0.4 is 11.1 Å². The topological polar surface area (TPSA) is 138 Å². The Morgan fingerprint density at radius 3 is 2.82 bits per heavy atom. The van der Waals surface area contributed by atoms with E-state index in [4.69, 9.17) is 15.9 Å². The highest BCUT2D eigenvalue weighted by atomic mass is 16.4. The molecule has 92 valence electrons. The molecule has 5 N–H and O–H groups in total. The van der Waals surface area contributed by atoms with Crippen LogP contribution in [0.1, 0.15) is 16.1 Å². The predicted molar refractivity (Wildman–Crippen MR) is 55.9 cm³/mol. The molecule has 0 aliphatic carbocycles. The molecule has 0 spiro atoms. The number of rotatable bonds is 6. The van der Waals surface area contributed by atoms with Gasteiger partial charge in [-0.3, -0.25) is 4.79 Å². The zero-order chi connectivity index (χ0) is 12.8. The molecule has 0 aliphatic rings. The fourth-order valence-electron chi connectivity index (χ4n) is 1.10. The number of aliphatic hydroxyl groups is 1. The van der Waals surface area contributed by atoms with E-state index < -0.39 is 18.0 Å². The number of aromatic carboxylic acids is 1. The van der Waals surface area contributed by atoms with E-state index in [9.17, 15) is 9.59 Å². The normalized spacial score (nSPS) is 12.1. The van der Waals surface area contributed by atoms with Gasteiger partial charge in [-0.25, -0.2) is 14.8 Å². The first-order chi connectivity index (χ1) is 8.02. The number of primary amides is 1. The number of carboxylic acids is 1. The maximum atomic E-state index is 10.8. The summed E-state index contributed by atoms with van der Waals surface area (Å²) in [5, 5.41) is 20.6. The molecule has 0 aromatic carbocycles. The molecule has 1 unspecified atom stereocenters. The number of carbonyl (C=O) groups is 2. The van der Waals surface area contributed by atoms with Gasteiger partial charge in [-0.15, -0.1) is 0 Å². The number of carbonyl (C=O) groups excluding carboxylic acids is 1. The van der Waals surface area contributed by atoms with Gasteiger partial charge in [0.1, 0.15) is 18.0 Å². The van der Waals surface area contributed by atoms with Crippen molar-refractivity contribution in [3.05, 3.63) is 23.8 Å². The lowest BCUT2D eigenvalue weighted by Crippen LogP contribution is -2.37. The van der Waals surface area contributed by atoms with Gasteiger partial charge in [-0.2, -0.15) is 0 Å². The zero-order valence-electron chi connectivity index (χ0n) is 8.83. The van der Waals surface area contributed by atoms with Gasteiger partial charge in [0.2, 0.25) is 5.91 Å². The van der Waals surface area contributed by atoms with Crippen LogP contribution in [0.2, 0.25) is 0 Å². The Bertz CT molecular complexity index is 423. The van der Waals surface area contributed by atoms with Crippen LogP contribution >= 0.6 is 0 Å². The molecule has 0 radical (unpaired) electrons. The second-order valence-electron chi connectivity index (χ2n) is 3.24. The molecule has 1 amide bonds. The van der Waals surface area contributed by atoms with Crippen molar-refractivity contribution in [3.63, 3.8) is 0 Å². The van der Waals surface area contributed by atoms with Crippen LogP contribution in [0.4, 0.5) is 0 Å². The molecule has 8 nitrogen and oxygen atoms in total. The Hall–Kier alpha value is -2.06. The van der Waals surface area contributed by atoms with Crippen LogP contribution in [0.25, 0.3) is 0 Å². The second kappa shape index (κ2) is 5.87. The highest BCUT2D eigenvalue weighted by Gasteiger charge is 2.13. The third kappa shape index (κ3) is 3.78. The molecule has 1 heterocycles. The van der Waals surface area contributed by atoms with Gasteiger partial charge in [0, 0.05) is 19.3 Å². The summed E-state index contributed by atoms with van der Waals surface area (Å²) in [6.07, 6.45) is 1.08. The number of aromatic nitrogens is 2. The Kier molecular flexibility index (Phi) is 4.49. The van der Waals surface area contributed by atoms with Crippen LogP contribution in [0.5, 0.6) is 0 Å². The van der Waals surface area contributed by atoms with E-state index in [2.05, 4.69) is 15.3 Å². The van der Waals surface area contributed by atoms with Crippen molar-refractivity contribution in [3.8, 4) is 0 Å². The largest absolute Gasteiger partial charge is 0.478 e. The van der Waals surface area contributed by atoms with E-state index >= 15 is 0 Å². The average Bonchev–Trinajstić information content (AvgIpc) is 2.29. The third-order valence-electron chi connectivity index (χ3n) is 1.98. The quantitative estimate of drug-likeness (QED) is 0.456. The summed E-state index contributed by atoms with van der Waals surface area (Å²) in [6.45, 7) is 0.0207. The molecule has 0 aliphatic heterocycles. The maximum absolute atomic E-state index is 10.8. The monoisotopic (exact) mass is 240 g/mol. The molecule has 1 aromatic heterocycles. The van der Waals surface area contributed by atoms with Gasteiger partial charge in [-0.1, -0.05) is 0 Å². The Morgan fingerprint density at radius 2 is 2.24 bits per heavy atom. The minimum absolute atomic E-state index is 0.0337. The van der Waals surface area contributed by atoms with Gasteiger partial charge in [-0.05, 0) is 0 Å². The predicted octanol–water partition coefficient (Wildman–Crippen LogP) is -1.89. The van der Waals surface area contributed by atoms with Gasteiger partial charge in [0.25, 0.3) is 0 Å². The molecule has 1 atom stereocenters. The van der Waals surface area contributed by atoms with Crippen molar-refractivity contribution in [1.29, 1.82) is 0 Å². The number of amides is 1. The molecule has 1 aromatic rings. The molecular weight excluding hydrogens is 228 g/mol. The Labute approximate surface area is 96.5 Å². The van der Waals surface area contributed by atoms with Crippen LogP contribution in [0.15, 0.2) is 12.5 Å². The van der Waals surface area contributed by atoms with Gasteiger partial charge >= 0.3 is 5.97 Å². The highest BCUT2D eigenvalue weighted by molar-refractivity contribution is 5.88. The van der Waals surface area contributed by atoms with Crippen molar-refractivity contribution in [2.24, 2.45) is 5.73 Å². The molecule has 0 bridgehead atoms. The van der Waals surface area contributed by atoms with E-state index in [-0.39, 0.29) is 24.3 Å². The lowest BCUT2D eigenvalue weighted by molar-refractivity contribution is -0.125. The lowest BCUT2D eigenvalue weighted by atomic mass is 10.2. The molecular formula is C9H12N4O4. The lowest BCUT2D eigenvalue weighted by Gasteiger charge is -2.08. The van der Waals surface area contributed by atoms with E-state index in [1.807, 2.05) is 0 Å². The summed E-state index contributed by atoms with van der Waals surface area (Å²) in [5.41, 5.74) is 5.08. The highest BCUT2D eigenvalue weighted by Crippen LogP contribution is 2.02. The first kappa shape index (κ1) is 13.0. The van der Waals surface area contributed by atoms with E-state index in [1.165, 1.54) is 12.5 Å². The van der Waals surface area contributed by atoms with Crippen LogP contribution in [-0.4, -0.2) is 44.7 Å². The zero-order valence-corrected chi connectivity index (χ0v) is 8.83. The smallest absolute Gasteiger partial charge is 0.339 e. The molecule has 0 saturated carbocycles. The van der Waals surface area contributed by atoms with Gasteiger partial charge in [0.05, 0.1) is 5.69 Å². The number of carboxylic acid groups (broad SMARTS) is 1. The molecule has 0 saturated heterocycles. The minimum Gasteiger partial charge on any atom is -0.478 e. The number of nitrogens with two attached hydrogens (primary N) is 1. The summed E-state index contributed by atoms with van der Waals surface area (Å²) >= 11 is 0. The molecule has 1 rings (SSSR count). The van der Waals surface area contributed by atoms with Gasteiger partial charge in [0.15, 0.2) is 0 Å². The number of hydrogen-bond donors (Lipinski definition) is 4. The SMILES string of the molecule is NC(=O)C(O)CNCc1ncncc1C(=O)O. The van der Waals surface area contributed by atoms with Crippen molar-refractivity contribution in [1.82, 2.24) is 15.3 Å². The van der Waals surface area contributed by atoms with E-state index in [0.717, 1.165) is 0 Å². The van der Waals surface area contributed by atoms with Crippen molar-refractivity contribution in [2.75, 3.05) is 6.54 Å². The van der Waals surface area contributed by atoms with Crippen LogP contribution in [0, 0.1) is 0 Å². The number of nitrogens with one attached hydrogen (secondary N) is 1. The van der Waals surface area contributed by atoms with Crippen LogP contribution in [0.3, 0.4) is 0 Å². The average molecular weight is 240 g/mol. The third-order valence-corrected chi connectivity index (χ3v) is 1.98. The van der Waals surface area contributed by atoms with E-state index in [1.54, 1.807) is 0 Å². The standard InChI is InChI=1S/C9H12N4O4/c10-8(15)7(14)3-11-2-6-5(9(16)17)1-12-4-13-6/h1,4,7,11,14H,2-3H2,(H2,10,15)(H,16,17). The number of aliphatic hydroxyl groups excluding tert-OH is 1. The summed E-state index contributed by atoms with van der Waals surface area (Å²) in [7, 11) is 0. The summed E-state index contributed by atoms with van der Waals surface area (Å²) in [5.74, 6) is -1.99. The fourth-order valence-corrected chi connectivity index (χ4v) is 1.10. The van der Waals surface area contributed by atoms with E-state index in [0.29, 0.717) is 0 Å². The van der Waals surface area contributed by atoms with Crippen molar-refractivity contribution in [2.45, 2.75) is 12.6 Å². The molecule has 0 fully saturated rings. The van der Waals surface area contributed by atoms with Crippen LogP contribution in [-0.2, 0) is 11.3 Å². The molecule has 8 heteroatoms. The van der Waals surface area contributed by atoms with Gasteiger partial charge < -0.3 is 21.3 Å². The Balaban J connectivity index is 2.58. The van der Waals surface area contributed by atoms with Crippen molar-refractivity contribution < 1.29 is 19.8 Å². The number of nitrogens with zero attached hydrogens (tertiary/aromatic N) is 2. The fraction of sp³-hybridized carbons (Fsp3) is 0.333. The first-order valence-corrected chi connectivity index (χ1v) is 4.72. The number of hydrogen-bond acceptors (Lipinski definition) is 6. The summed E-state index contributed by atoms with van der Waals surface area (Å²) < 4.78 is 0. The van der Waals surface area contributed by atoms with Crippen molar-refractivity contribution >= 4 is 11.9 Å². The minimum atomic E-state index is -1.31.